The molecule has 1 N–H and O–H groups in total. The molecule has 2 heterocycles. The summed E-state index contributed by atoms with van der Waals surface area (Å²) < 4.78 is 0. The number of hydrogen-bond donors (Lipinski definition) is 1. The molecule has 3 rings (SSSR count). The number of rotatable bonds is 3. The highest BCUT2D eigenvalue weighted by Gasteiger charge is 2.14. The maximum atomic E-state index is 4.75. The number of aryl methyl sites for hydroxylation is 4. The van der Waals surface area contributed by atoms with Gasteiger partial charge in [-0.15, -0.1) is 0 Å². The second-order valence-corrected chi connectivity index (χ2v) is 5.87. The third kappa shape index (κ3) is 2.35. The number of fused-ring (bicyclic) bond motifs is 1. The zero-order chi connectivity index (χ0) is 15.0. The Hall–Kier alpha value is -2.09. The van der Waals surface area contributed by atoms with Crippen LogP contribution in [0, 0.1) is 20.8 Å². The first kappa shape index (κ1) is 13.9. The van der Waals surface area contributed by atoms with Crippen LogP contribution in [0.1, 0.15) is 35.7 Å². The fraction of sp³-hybridized carbons (Fsp3) is 0.316. The fourth-order valence-electron chi connectivity index (χ4n) is 2.96. The average Bonchev–Trinajstić information content (AvgIpc) is 2.77. The lowest BCUT2D eigenvalue weighted by Gasteiger charge is -2.08. The van der Waals surface area contributed by atoms with Gasteiger partial charge in [-0.25, -0.2) is 0 Å². The van der Waals surface area contributed by atoms with Crippen molar-refractivity contribution in [2.75, 3.05) is 0 Å². The van der Waals surface area contributed by atoms with Crippen LogP contribution in [0.15, 0.2) is 30.5 Å². The Labute approximate surface area is 126 Å². The van der Waals surface area contributed by atoms with Crippen molar-refractivity contribution in [1.82, 2.24) is 9.97 Å². The first-order valence-corrected chi connectivity index (χ1v) is 7.65. The number of aromatic amines is 1. The second-order valence-electron chi connectivity index (χ2n) is 5.87. The minimum absolute atomic E-state index is 1.06. The minimum Gasteiger partial charge on any atom is -0.357 e. The van der Waals surface area contributed by atoms with Gasteiger partial charge in [-0.1, -0.05) is 43.2 Å². The number of aromatic nitrogens is 2. The lowest BCUT2D eigenvalue weighted by atomic mass is 10.0. The summed E-state index contributed by atoms with van der Waals surface area (Å²) in [6.45, 7) is 8.67. The predicted octanol–water partition coefficient (Wildman–Crippen LogP) is 5.11. The lowest BCUT2D eigenvalue weighted by molar-refractivity contribution is 0.923. The van der Waals surface area contributed by atoms with E-state index in [4.69, 9.17) is 4.98 Å². The van der Waals surface area contributed by atoms with Gasteiger partial charge in [0.25, 0.3) is 0 Å². The number of hydrogen-bond acceptors (Lipinski definition) is 1. The summed E-state index contributed by atoms with van der Waals surface area (Å²) in [6, 6.07) is 8.60. The van der Waals surface area contributed by atoms with Gasteiger partial charge >= 0.3 is 0 Å². The molecule has 0 bridgehead atoms. The SMILES string of the molecule is CCCc1cnc(-c2ccc(C)cc2)c2[nH]c(C)c(C)c12. The van der Waals surface area contributed by atoms with E-state index >= 15 is 0 Å². The molecular formula is C19H22N2. The minimum atomic E-state index is 1.06. The van der Waals surface area contributed by atoms with Crippen LogP contribution >= 0.6 is 0 Å². The molecule has 0 fully saturated rings. The molecule has 0 spiro atoms. The monoisotopic (exact) mass is 278 g/mol. The molecule has 2 aromatic heterocycles. The van der Waals surface area contributed by atoms with Crippen LogP contribution in [0.2, 0.25) is 0 Å². The Balaban J connectivity index is 2.27. The van der Waals surface area contributed by atoms with Crippen molar-refractivity contribution in [2.45, 2.75) is 40.5 Å². The quantitative estimate of drug-likeness (QED) is 0.708. The number of benzene rings is 1. The summed E-state index contributed by atoms with van der Waals surface area (Å²) in [5.74, 6) is 0. The molecule has 0 saturated heterocycles. The van der Waals surface area contributed by atoms with Crippen LogP contribution in [-0.2, 0) is 6.42 Å². The van der Waals surface area contributed by atoms with E-state index < -0.39 is 0 Å². The molecule has 0 amide bonds. The highest BCUT2D eigenvalue weighted by molar-refractivity contribution is 5.96. The van der Waals surface area contributed by atoms with Crippen molar-refractivity contribution in [3.63, 3.8) is 0 Å². The van der Waals surface area contributed by atoms with Crippen LogP contribution < -0.4 is 0 Å². The molecule has 0 radical (unpaired) electrons. The third-order valence-electron chi connectivity index (χ3n) is 4.25. The highest BCUT2D eigenvalue weighted by Crippen LogP contribution is 2.32. The van der Waals surface area contributed by atoms with Gasteiger partial charge in [0, 0.05) is 22.8 Å². The number of pyridine rings is 1. The van der Waals surface area contributed by atoms with Crippen LogP contribution in [0.5, 0.6) is 0 Å². The topological polar surface area (TPSA) is 28.7 Å². The Morgan fingerprint density at radius 2 is 1.76 bits per heavy atom. The van der Waals surface area contributed by atoms with E-state index in [-0.39, 0.29) is 0 Å². The van der Waals surface area contributed by atoms with E-state index in [1.54, 1.807) is 0 Å². The van der Waals surface area contributed by atoms with E-state index in [0.717, 1.165) is 18.5 Å². The summed E-state index contributed by atoms with van der Waals surface area (Å²) in [7, 11) is 0. The zero-order valence-electron chi connectivity index (χ0n) is 13.2. The summed E-state index contributed by atoms with van der Waals surface area (Å²) in [5, 5.41) is 1.36. The Bertz CT molecular complexity index is 779. The van der Waals surface area contributed by atoms with Crippen LogP contribution in [0.4, 0.5) is 0 Å². The number of H-pyrrole nitrogens is 1. The van der Waals surface area contributed by atoms with E-state index in [1.165, 1.54) is 38.9 Å². The van der Waals surface area contributed by atoms with Gasteiger partial charge in [-0.05, 0) is 38.3 Å². The second kappa shape index (κ2) is 5.36. The first-order chi connectivity index (χ1) is 10.1. The molecule has 0 atom stereocenters. The summed E-state index contributed by atoms with van der Waals surface area (Å²) in [6.07, 6.45) is 4.28. The molecule has 1 aromatic carbocycles. The summed E-state index contributed by atoms with van der Waals surface area (Å²) in [4.78, 5) is 8.29. The van der Waals surface area contributed by atoms with Crippen LogP contribution in [-0.4, -0.2) is 9.97 Å². The largest absolute Gasteiger partial charge is 0.357 e. The van der Waals surface area contributed by atoms with Gasteiger partial charge in [0.1, 0.15) is 0 Å². The zero-order valence-corrected chi connectivity index (χ0v) is 13.2. The molecule has 21 heavy (non-hydrogen) atoms. The first-order valence-electron chi connectivity index (χ1n) is 7.65. The van der Waals surface area contributed by atoms with Gasteiger partial charge < -0.3 is 4.98 Å². The smallest absolute Gasteiger partial charge is 0.0943 e. The van der Waals surface area contributed by atoms with E-state index in [1.807, 2.05) is 0 Å². The molecule has 3 aromatic rings. The maximum Gasteiger partial charge on any atom is 0.0943 e. The van der Waals surface area contributed by atoms with Crippen molar-refractivity contribution in [3.8, 4) is 11.3 Å². The van der Waals surface area contributed by atoms with Crippen molar-refractivity contribution in [3.05, 3.63) is 52.8 Å². The van der Waals surface area contributed by atoms with Crippen molar-refractivity contribution in [1.29, 1.82) is 0 Å². The van der Waals surface area contributed by atoms with Gasteiger partial charge in [0.05, 0.1) is 11.2 Å². The van der Waals surface area contributed by atoms with Crippen molar-refractivity contribution < 1.29 is 0 Å². The molecule has 2 nitrogen and oxygen atoms in total. The standard InChI is InChI=1S/C19H22N2/c1-5-6-16-11-20-18(15-9-7-12(2)8-10-15)19-17(16)13(3)14(4)21-19/h7-11,21H,5-6H2,1-4H3. The Morgan fingerprint density at radius 3 is 2.43 bits per heavy atom. The Kier molecular flexibility index (Phi) is 3.54. The molecule has 2 heteroatoms. The van der Waals surface area contributed by atoms with Crippen LogP contribution in [0.3, 0.4) is 0 Å². The van der Waals surface area contributed by atoms with Gasteiger partial charge in [-0.2, -0.15) is 0 Å². The Morgan fingerprint density at radius 1 is 1.05 bits per heavy atom. The maximum absolute atomic E-state index is 4.75. The van der Waals surface area contributed by atoms with Crippen molar-refractivity contribution >= 4 is 10.9 Å². The summed E-state index contributed by atoms with van der Waals surface area (Å²) >= 11 is 0. The lowest BCUT2D eigenvalue weighted by Crippen LogP contribution is -1.92. The third-order valence-corrected chi connectivity index (χ3v) is 4.25. The number of nitrogens with one attached hydrogen (secondary N) is 1. The van der Waals surface area contributed by atoms with E-state index in [0.29, 0.717) is 0 Å². The van der Waals surface area contributed by atoms with Gasteiger partial charge in [0.15, 0.2) is 0 Å². The summed E-state index contributed by atoms with van der Waals surface area (Å²) in [5.41, 5.74) is 8.63. The average molecular weight is 278 g/mol. The molecule has 0 aliphatic carbocycles. The molecule has 0 aliphatic heterocycles. The van der Waals surface area contributed by atoms with E-state index in [9.17, 15) is 0 Å². The molecular weight excluding hydrogens is 256 g/mol. The number of nitrogens with zero attached hydrogens (tertiary/aromatic N) is 1. The van der Waals surface area contributed by atoms with E-state index in [2.05, 4.69) is 63.1 Å². The molecule has 0 aliphatic rings. The fourth-order valence-corrected chi connectivity index (χ4v) is 2.96. The van der Waals surface area contributed by atoms with Crippen molar-refractivity contribution in [2.24, 2.45) is 0 Å². The molecule has 108 valence electrons. The highest BCUT2D eigenvalue weighted by atomic mass is 14.8. The van der Waals surface area contributed by atoms with Gasteiger partial charge in [0.2, 0.25) is 0 Å². The predicted molar refractivity (Wildman–Crippen MR) is 89.7 cm³/mol. The normalized spacial score (nSPS) is 11.2. The van der Waals surface area contributed by atoms with Crippen LogP contribution in [0.25, 0.3) is 22.2 Å². The molecule has 0 unspecified atom stereocenters. The molecule has 0 saturated carbocycles. The van der Waals surface area contributed by atoms with Gasteiger partial charge in [-0.3, -0.25) is 4.98 Å².